The molecule has 0 aliphatic rings. The summed E-state index contributed by atoms with van der Waals surface area (Å²) in [4.78, 5) is 0. The van der Waals surface area contributed by atoms with E-state index < -0.39 is 0 Å². The summed E-state index contributed by atoms with van der Waals surface area (Å²) >= 11 is 0. The molecule has 1 N–H and O–H groups in total. The Morgan fingerprint density at radius 1 is 0.800 bits per heavy atom. The predicted molar refractivity (Wildman–Crippen MR) is 85.1 cm³/mol. The van der Waals surface area contributed by atoms with Crippen LogP contribution < -0.4 is 5.32 Å². The fourth-order valence-electron chi connectivity index (χ4n) is 1.86. The van der Waals surface area contributed by atoms with E-state index in [2.05, 4.69) is 22.5 Å². The second-order valence-electron chi connectivity index (χ2n) is 4.72. The molecule has 3 heteroatoms. The molecule has 2 rings (SSSR count). The number of hydrogen-bond acceptors (Lipinski definition) is 3. The molecule has 0 unspecified atom stereocenters. The third-order valence-electron chi connectivity index (χ3n) is 3.01. The average molecular weight is 267 g/mol. The van der Waals surface area contributed by atoms with Gasteiger partial charge in [-0.1, -0.05) is 38.0 Å². The first-order valence-corrected chi connectivity index (χ1v) is 7.19. The molecule has 2 aromatic carbocycles. The summed E-state index contributed by atoms with van der Waals surface area (Å²) in [6.07, 6.45) is 3.74. The molecule has 0 fully saturated rings. The van der Waals surface area contributed by atoms with Crippen LogP contribution in [0.5, 0.6) is 0 Å². The molecule has 0 saturated carbocycles. The van der Waals surface area contributed by atoms with Crippen molar-refractivity contribution in [2.24, 2.45) is 10.2 Å². The second kappa shape index (κ2) is 8.10. The first kappa shape index (κ1) is 14.3. The normalized spacial score (nSPS) is 10.8. The van der Waals surface area contributed by atoms with Crippen molar-refractivity contribution < 1.29 is 0 Å². The highest BCUT2D eigenvalue weighted by Crippen LogP contribution is 2.19. The average Bonchev–Trinajstić information content (AvgIpc) is 2.52. The molecule has 0 bridgehead atoms. The molecule has 3 nitrogen and oxygen atoms in total. The van der Waals surface area contributed by atoms with Crippen molar-refractivity contribution in [1.29, 1.82) is 0 Å². The van der Waals surface area contributed by atoms with Crippen molar-refractivity contribution in [2.45, 2.75) is 26.2 Å². The van der Waals surface area contributed by atoms with Crippen LogP contribution in [0.1, 0.15) is 26.2 Å². The molecule has 20 heavy (non-hydrogen) atoms. The molecule has 0 spiro atoms. The fraction of sp³-hybridized carbons (Fsp3) is 0.294. The molecular formula is C17H21N3. The van der Waals surface area contributed by atoms with Crippen LogP contribution >= 0.6 is 0 Å². The lowest BCUT2D eigenvalue weighted by Crippen LogP contribution is -2.00. The molecule has 0 heterocycles. The van der Waals surface area contributed by atoms with E-state index in [1.807, 2.05) is 54.6 Å². The lowest BCUT2D eigenvalue weighted by atomic mass is 10.2. The van der Waals surface area contributed by atoms with Gasteiger partial charge in [-0.05, 0) is 42.8 Å². The lowest BCUT2D eigenvalue weighted by Gasteiger charge is -2.05. The molecule has 0 saturated heterocycles. The third kappa shape index (κ3) is 4.84. The maximum atomic E-state index is 4.22. The smallest absolute Gasteiger partial charge is 0.0858 e. The van der Waals surface area contributed by atoms with Gasteiger partial charge in [0.15, 0.2) is 0 Å². The number of nitrogens with one attached hydrogen (secondary N) is 1. The number of benzene rings is 2. The van der Waals surface area contributed by atoms with Crippen molar-refractivity contribution in [3.05, 3.63) is 54.6 Å². The molecule has 2 aromatic rings. The van der Waals surface area contributed by atoms with Gasteiger partial charge in [-0.3, -0.25) is 0 Å². The number of azo groups is 1. The SMILES string of the molecule is CCCCCNc1ccc(N=Nc2ccccc2)cc1. The zero-order valence-corrected chi connectivity index (χ0v) is 11.9. The Kier molecular flexibility index (Phi) is 5.77. The van der Waals surface area contributed by atoms with E-state index in [1.165, 1.54) is 19.3 Å². The fourth-order valence-corrected chi connectivity index (χ4v) is 1.86. The van der Waals surface area contributed by atoms with Crippen LogP contribution in [0.2, 0.25) is 0 Å². The Labute approximate surface area is 120 Å². The van der Waals surface area contributed by atoms with Gasteiger partial charge in [0.25, 0.3) is 0 Å². The highest BCUT2D eigenvalue weighted by molar-refractivity contribution is 5.51. The number of nitrogens with zero attached hydrogens (tertiary/aromatic N) is 2. The van der Waals surface area contributed by atoms with E-state index in [1.54, 1.807) is 0 Å². The third-order valence-corrected chi connectivity index (χ3v) is 3.01. The van der Waals surface area contributed by atoms with Crippen molar-refractivity contribution in [2.75, 3.05) is 11.9 Å². The van der Waals surface area contributed by atoms with E-state index in [0.29, 0.717) is 0 Å². The van der Waals surface area contributed by atoms with E-state index in [4.69, 9.17) is 0 Å². The minimum absolute atomic E-state index is 0.868. The monoisotopic (exact) mass is 267 g/mol. The van der Waals surface area contributed by atoms with Gasteiger partial charge < -0.3 is 5.32 Å². The maximum Gasteiger partial charge on any atom is 0.0858 e. The van der Waals surface area contributed by atoms with Crippen LogP contribution in [0, 0.1) is 0 Å². The van der Waals surface area contributed by atoms with Gasteiger partial charge in [-0.15, -0.1) is 0 Å². The summed E-state index contributed by atoms with van der Waals surface area (Å²) in [7, 11) is 0. The molecule has 0 aliphatic carbocycles. The van der Waals surface area contributed by atoms with Gasteiger partial charge in [-0.25, -0.2) is 0 Å². The van der Waals surface area contributed by atoms with Gasteiger partial charge in [-0.2, -0.15) is 10.2 Å². The highest BCUT2D eigenvalue weighted by atomic mass is 15.1. The highest BCUT2D eigenvalue weighted by Gasteiger charge is 1.93. The summed E-state index contributed by atoms with van der Waals surface area (Å²) in [5.74, 6) is 0. The Bertz CT molecular complexity index is 518. The van der Waals surface area contributed by atoms with Crippen LogP contribution in [-0.2, 0) is 0 Å². The first-order valence-electron chi connectivity index (χ1n) is 7.19. The number of rotatable bonds is 7. The quantitative estimate of drug-likeness (QED) is 0.506. The molecule has 0 amide bonds. The van der Waals surface area contributed by atoms with Crippen molar-refractivity contribution in [1.82, 2.24) is 0 Å². The van der Waals surface area contributed by atoms with Crippen LogP contribution in [0.4, 0.5) is 17.1 Å². The first-order chi connectivity index (χ1) is 9.88. The molecule has 0 aromatic heterocycles. The largest absolute Gasteiger partial charge is 0.385 e. The molecule has 0 radical (unpaired) electrons. The van der Waals surface area contributed by atoms with Crippen molar-refractivity contribution in [3.63, 3.8) is 0 Å². The number of anilines is 1. The minimum Gasteiger partial charge on any atom is -0.385 e. The van der Waals surface area contributed by atoms with Gasteiger partial charge in [0.05, 0.1) is 11.4 Å². The zero-order chi connectivity index (χ0) is 14.0. The van der Waals surface area contributed by atoms with E-state index >= 15 is 0 Å². The Morgan fingerprint density at radius 2 is 1.45 bits per heavy atom. The standard InChI is InChI=1S/C17H21N3/c1-2-3-7-14-18-15-10-12-17(13-11-15)20-19-16-8-5-4-6-9-16/h4-6,8-13,18H,2-3,7,14H2,1H3. The Morgan fingerprint density at radius 3 is 2.10 bits per heavy atom. The Balaban J connectivity index is 1.87. The van der Waals surface area contributed by atoms with E-state index in [9.17, 15) is 0 Å². The minimum atomic E-state index is 0.868. The zero-order valence-electron chi connectivity index (χ0n) is 11.9. The summed E-state index contributed by atoms with van der Waals surface area (Å²) < 4.78 is 0. The van der Waals surface area contributed by atoms with Crippen LogP contribution in [-0.4, -0.2) is 6.54 Å². The van der Waals surface area contributed by atoms with E-state index in [0.717, 1.165) is 23.6 Å². The van der Waals surface area contributed by atoms with E-state index in [-0.39, 0.29) is 0 Å². The van der Waals surface area contributed by atoms with Crippen LogP contribution in [0.3, 0.4) is 0 Å². The molecular weight excluding hydrogens is 246 g/mol. The van der Waals surface area contributed by atoms with Gasteiger partial charge in [0.2, 0.25) is 0 Å². The molecule has 104 valence electrons. The van der Waals surface area contributed by atoms with Crippen molar-refractivity contribution in [3.8, 4) is 0 Å². The second-order valence-corrected chi connectivity index (χ2v) is 4.72. The summed E-state index contributed by atoms with van der Waals surface area (Å²) in [6.45, 7) is 3.24. The van der Waals surface area contributed by atoms with Crippen LogP contribution in [0.25, 0.3) is 0 Å². The Hall–Kier alpha value is -2.16. The van der Waals surface area contributed by atoms with Crippen molar-refractivity contribution >= 4 is 17.1 Å². The van der Waals surface area contributed by atoms with Crippen LogP contribution in [0.15, 0.2) is 64.8 Å². The van der Waals surface area contributed by atoms with Gasteiger partial charge in [0, 0.05) is 12.2 Å². The topological polar surface area (TPSA) is 36.8 Å². The lowest BCUT2D eigenvalue weighted by molar-refractivity contribution is 0.744. The predicted octanol–water partition coefficient (Wildman–Crippen LogP) is 5.70. The summed E-state index contributed by atoms with van der Waals surface area (Å²) in [5, 5.41) is 11.8. The van der Waals surface area contributed by atoms with Gasteiger partial charge in [0.1, 0.15) is 0 Å². The molecule has 0 atom stereocenters. The summed E-state index contributed by atoms with van der Waals surface area (Å²) in [6, 6.07) is 17.8. The molecule has 0 aliphatic heterocycles. The number of unbranched alkanes of at least 4 members (excludes halogenated alkanes) is 2. The summed E-state index contributed by atoms with van der Waals surface area (Å²) in [5.41, 5.74) is 2.88. The number of hydrogen-bond donors (Lipinski definition) is 1. The maximum absolute atomic E-state index is 4.22. The van der Waals surface area contributed by atoms with Gasteiger partial charge >= 0.3 is 0 Å².